The fourth-order valence-corrected chi connectivity index (χ4v) is 6.71. The molecule has 3 aromatic carbocycles. The van der Waals surface area contributed by atoms with Gasteiger partial charge in [-0.15, -0.1) is 11.8 Å². The van der Waals surface area contributed by atoms with Gasteiger partial charge in [0.25, 0.3) is 0 Å². The lowest BCUT2D eigenvalue weighted by Crippen LogP contribution is -2.43. The number of hydrogen-bond donors (Lipinski definition) is 2. The summed E-state index contributed by atoms with van der Waals surface area (Å²) < 4.78 is 84.7. The standard InChI is InChI=1S/C29H22F6O5S/c1-14-9-15(2)23-18(10-14)24(36)27(13-41-23,11-19-16(25(37)38)5-3-7-21(19)28(30,31)32)12-20-17(26(39)40)6-4-8-22(20)29(33,34)35/h3-10H,11-13H2,1-2H3,(H,37,38)(H,39,40). The van der Waals surface area contributed by atoms with Gasteiger partial charge in [0.2, 0.25) is 0 Å². The summed E-state index contributed by atoms with van der Waals surface area (Å²) in [5.41, 5.74) is -6.43. The molecule has 4 rings (SSSR count). The molecule has 0 amide bonds. The lowest BCUT2D eigenvalue weighted by Gasteiger charge is -2.39. The van der Waals surface area contributed by atoms with Gasteiger partial charge in [-0.3, -0.25) is 4.79 Å². The summed E-state index contributed by atoms with van der Waals surface area (Å²) in [6.45, 7) is 3.38. The number of halogens is 6. The molecule has 2 N–H and O–H groups in total. The van der Waals surface area contributed by atoms with Crippen LogP contribution in [0.15, 0.2) is 53.4 Å². The van der Waals surface area contributed by atoms with Crippen molar-refractivity contribution in [3.8, 4) is 0 Å². The predicted molar refractivity (Wildman–Crippen MR) is 138 cm³/mol. The zero-order valence-electron chi connectivity index (χ0n) is 21.5. The van der Waals surface area contributed by atoms with Gasteiger partial charge in [-0.1, -0.05) is 23.8 Å². The minimum absolute atomic E-state index is 0.0708. The Balaban J connectivity index is 2.05. The number of aromatic carboxylic acids is 2. The van der Waals surface area contributed by atoms with Gasteiger partial charge in [-0.25, -0.2) is 9.59 Å². The van der Waals surface area contributed by atoms with Crippen molar-refractivity contribution in [1.82, 2.24) is 0 Å². The van der Waals surface area contributed by atoms with Crippen LogP contribution in [0.4, 0.5) is 26.3 Å². The number of alkyl halides is 6. The first kappa shape index (κ1) is 30.2. The number of carbonyl (C=O) groups is 3. The van der Waals surface area contributed by atoms with Gasteiger partial charge < -0.3 is 10.2 Å². The molecule has 216 valence electrons. The summed E-state index contributed by atoms with van der Waals surface area (Å²) in [6.07, 6.45) is -11.9. The average molecular weight is 597 g/mol. The topological polar surface area (TPSA) is 91.7 Å². The molecular formula is C29H22F6O5S. The second kappa shape index (κ2) is 10.6. The fourth-order valence-electron chi connectivity index (χ4n) is 5.36. The Bertz CT molecular complexity index is 1500. The van der Waals surface area contributed by atoms with Crippen molar-refractivity contribution < 1.29 is 50.9 Å². The van der Waals surface area contributed by atoms with E-state index in [1.54, 1.807) is 19.9 Å². The van der Waals surface area contributed by atoms with E-state index in [2.05, 4.69) is 0 Å². The third kappa shape index (κ3) is 5.70. The van der Waals surface area contributed by atoms with E-state index in [9.17, 15) is 50.9 Å². The first-order valence-corrected chi connectivity index (χ1v) is 13.1. The van der Waals surface area contributed by atoms with E-state index in [-0.39, 0.29) is 11.3 Å². The number of thioether (sulfide) groups is 1. The summed E-state index contributed by atoms with van der Waals surface area (Å²) in [5, 5.41) is 19.5. The number of ketones is 1. The molecular weight excluding hydrogens is 574 g/mol. The van der Waals surface area contributed by atoms with Crippen molar-refractivity contribution >= 4 is 29.5 Å². The fraction of sp³-hybridized carbons (Fsp3) is 0.276. The smallest absolute Gasteiger partial charge is 0.416 e. The van der Waals surface area contributed by atoms with E-state index in [1.165, 1.54) is 6.07 Å². The molecule has 0 saturated heterocycles. The Hall–Kier alpha value is -3.80. The third-order valence-electron chi connectivity index (χ3n) is 7.09. The van der Waals surface area contributed by atoms with Gasteiger partial charge >= 0.3 is 24.3 Å². The molecule has 1 aliphatic rings. The van der Waals surface area contributed by atoms with Crippen LogP contribution in [-0.2, 0) is 25.2 Å². The summed E-state index contributed by atoms with van der Waals surface area (Å²) in [7, 11) is 0. The van der Waals surface area contributed by atoms with Crippen LogP contribution in [-0.4, -0.2) is 33.7 Å². The highest BCUT2D eigenvalue weighted by Crippen LogP contribution is 2.49. The second-order valence-electron chi connectivity index (χ2n) is 9.98. The van der Waals surface area contributed by atoms with Crippen LogP contribution < -0.4 is 0 Å². The molecule has 0 atom stereocenters. The Morgan fingerprint density at radius 3 is 1.71 bits per heavy atom. The number of benzene rings is 3. The van der Waals surface area contributed by atoms with Crippen molar-refractivity contribution in [2.45, 2.75) is 43.9 Å². The van der Waals surface area contributed by atoms with Gasteiger partial charge in [-0.05, 0) is 73.7 Å². The van der Waals surface area contributed by atoms with Gasteiger partial charge in [0.1, 0.15) is 0 Å². The molecule has 5 nitrogen and oxygen atoms in total. The van der Waals surface area contributed by atoms with E-state index in [1.807, 2.05) is 0 Å². The molecule has 0 fully saturated rings. The second-order valence-corrected chi connectivity index (χ2v) is 11.0. The van der Waals surface area contributed by atoms with Crippen LogP contribution in [0.2, 0.25) is 0 Å². The maximum Gasteiger partial charge on any atom is 0.416 e. The lowest BCUT2D eigenvalue weighted by atomic mass is 9.69. The number of fused-ring (bicyclic) bond motifs is 1. The molecule has 0 bridgehead atoms. The first-order chi connectivity index (χ1) is 19.0. The number of hydrogen-bond acceptors (Lipinski definition) is 4. The van der Waals surface area contributed by atoms with Crippen molar-refractivity contribution in [3.05, 3.63) is 98.6 Å². The molecule has 0 spiro atoms. The molecule has 1 aliphatic heterocycles. The van der Waals surface area contributed by atoms with Crippen molar-refractivity contribution in [3.63, 3.8) is 0 Å². The Morgan fingerprint density at radius 1 is 0.829 bits per heavy atom. The first-order valence-electron chi connectivity index (χ1n) is 12.1. The Kier molecular flexibility index (Phi) is 7.76. The minimum Gasteiger partial charge on any atom is -0.478 e. The van der Waals surface area contributed by atoms with E-state index in [4.69, 9.17) is 0 Å². The monoisotopic (exact) mass is 596 g/mol. The van der Waals surface area contributed by atoms with Crippen LogP contribution in [0.1, 0.15) is 64.5 Å². The zero-order chi connectivity index (χ0) is 30.5. The minimum atomic E-state index is -5.05. The average Bonchev–Trinajstić information content (AvgIpc) is 2.85. The van der Waals surface area contributed by atoms with Gasteiger partial charge in [0, 0.05) is 16.2 Å². The molecule has 0 saturated carbocycles. The summed E-state index contributed by atoms with van der Waals surface area (Å²) >= 11 is 1.05. The molecule has 0 radical (unpaired) electrons. The normalized spacial score (nSPS) is 15.0. The molecule has 1 heterocycles. The van der Waals surface area contributed by atoms with E-state index >= 15 is 0 Å². The molecule has 0 unspecified atom stereocenters. The Morgan fingerprint density at radius 2 is 1.29 bits per heavy atom. The predicted octanol–water partition coefficient (Wildman–Crippen LogP) is 7.50. The van der Waals surface area contributed by atoms with Crippen molar-refractivity contribution in [2.75, 3.05) is 5.75 Å². The van der Waals surface area contributed by atoms with Crippen LogP contribution in [0.5, 0.6) is 0 Å². The highest BCUT2D eigenvalue weighted by Gasteiger charge is 2.48. The van der Waals surface area contributed by atoms with Crippen molar-refractivity contribution in [2.24, 2.45) is 5.41 Å². The van der Waals surface area contributed by atoms with Crippen LogP contribution in [0.3, 0.4) is 0 Å². The molecule has 0 aliphatic carbocycles. The summed E-state index contributed by atoms with van der Waals surface area (Å²) in [4.78, 5) is 38.8. The van der Waals surface area contributed by atoms with Crippen LogP contribution in [0.25, 0.3) is 0 Å². The quantitative estimate of drug-likeness (QED) is 0.287. The van der Waals surface area contributed by atoms with E-state index < -0.39 is 81.7 Å². The maximum atomic E-state index is 14.3. The van der Waals surface area contributed by atoms with Crippen molar-refractivity contribution in [1.29, 1.82) is 0 Å². The number of carboxylic acid groups (broad SMARTS) is 2. The molecule has 3 aromatic rings. The highest BCUT2D eigenvalue weighted by atomic mass is 32.2. The van der Waals surface area contributed by atoms with E-state index in [0.717, 1.165) is 36.0 Å². The highest BCUT2D eigenvalue weighted by molar-refractivity contribution is 7.99. The lowest BCUT2D eigenvalue weighted by molar-refractivity contribution is -0.138. The number of aryl methyl sites for hydroxylation is 2. The molecule has 41 heavy (non-hydrogen) atoms. The number of carboxylic acids is 2. The molecule has 0 aromatic heterocycles. The van der Waals surface area contributed by atoms with Gasteiger partial charge in [0.15, 0.2) is 5.78 Å². The van der Waals surface area contributed by atoms with Crippen LogP contribution >= 0.6 is 11.8 Å². The summed E-state index contributed by atoms with van der Waals surface area (Å²) in [6, 6.07) is 8.18. The number of Topliss-reactive ketones (excluding diaryl/α,β-unsaturated/α-hetero) is 1. The van der Waals surface area contributed by atoms with Gasteiger partial charge in [0.05, 0.1) is 27.7 Å². The number of carbonyl (C=O) groups excluding carboxylic acids is 1. The van der Waals surface area contributed by atoms with E-state index in [0.29, 0.717) is 28.2 Å². The van der Waals surface area contributed by atoms with Crippen LogP contribution in [0, 0.1) is 19.3 Å². The Labute approximate surface area is 234 Å². The zero-order valence-corrected chi connectivity index (χ0v) is 22.4. The number of rotatable bonds is 6. The summed E-state index contributed by atoms with van der Waals surface area (Å²) in [5.74, 6) is -4.55. The van der Waals surface area contributed by atoms with Gasteiger partial charge in [-0.2, -0.15) is 26.3 Å². The maximum absolute atomic E-state index is 14.3. The largest absolute Gasteiger partial charge is 0.478 e. The SMILES string of the molecule is Cc1cc(C)c2c(c1)C(=O)C(Cc1c(C(=O)O)cccc1C(F)(F)F)(Cc1c(C(=O)O)cccc1C(F)(F)F)CS2. The third-order valence-corrected chi connectivity index (χ3v) is 8.62. The molecule has 12 heteroatoms.